The van der Waals surface area contributed by atoms with Crippen LogP contribution in [0.5, 0.6) is 0 Å². The minimum atomic E-state index is -0.274. The third kappa shape index (κ3) is 5.84. The summed E-state index contributed by atoms with van der Waals surface area (Å²) in [6.45, 7) is 3.95. The summed E-state index contributed by atoms with van der Waals surface area (Å²) in [5, 5.41) is 4.22. The highest BCUT2D eigenvalue weighted by Crippen LogP contribution is 2.27. The highest BCUT2D eigenvalue weighted by atomic mass is 19.1. The number of aromatic nitrogens is 2. The number of hydrogen-bond donors (Lipinski definition) is 1. The lowest BCUT2D eigenvalue weighted by atomic mass is 9.87. The molecule has 176 valence electrons. The maximum Gasteiger partial charge on any atom is 0.225 e. The molecule has 0 unspecified atom stereocenters. The van der Waals surface area contributed by atoms with E-state index in [2.05, 4.69) is 20.0 Å². The molecule has 3 heterocycles. The van der Waals surface area contributed by atoms with E-state index in [1.807, 2.05) is 4.90 Å². The lowest BCUT2D eigenvalue weighted by molar-refractivity contribution is -0.138. The van der Waals surface area contributed by atoms with E-state index < -0.39 is 0 Å². The Morgan fingerprint density at radius 3 is 2.27 bits per heavy atom. The summed E-state index contributed by atoms with van der Waals surface area (Å²) in [5.74, 6) is 0.526. The summed E-state index contributed by atoms with van der Waals surface area (Å²) in [6.07, 6.45) is 6.89. The number of amides is 1. The first-order valence-electron chi connectivity index (χ1n) is 11.5. The zero-order valence-electron chi connectivity index (χ0n) is 19.0. The molecule has 2 N–H and O–H groups in total. The number of benzene rings is 1. The van der Waals surface area contributed by atoms with Crippen LogP contribution in [0, 0.1) is 17.7 Å². The Labute approximate surface area is 193 Å². The Morgan fingerprint density at radius 2 is 1.67 bits per heavy atom. The van der Waals surface area contributed by atoms with Crippen LogP contribution in [0.15, 0.2) is 41.8 Å². The topological polar surface area (TPSA) is 96.9 Å². The SMILES string of the molecule is CO/N=C(\c1ccc(F)cc1)C1CCN(C(=O)C2CCN(Cc3cnc(N)nc3)CC2)CC1. The summed E-state index contributed by atoms with van der Waals surface area (Å²) in [6, 6.07) is 6.33. The van der Waals surface area contributed by atoms with E-state index in [1.54, 1.807) is 24.5 Å². The first-order chi connectivity index (χ1) is 16.0. The molecule has 0 saturated carbocycles. The van der Waals surface area contributed by atoms with Crippen molar-refractivity contribution in [1.82, 2.24) is 19.8 Å². The van der Waals surface area contributed by atoms with Gasteiger partial charge in [-0.25, -0.2) is 14.4 Å². The molecule has 1 amide bonds. The van der Waals surface area contributed by atoms with Crippen molar-refractivity contribution in [3.8, 4) is 0 Å². The summed E-state index contributed by atoms with van der Waals surface area (Å²) in [7, 11) is 1.52. The number of piperidine rings is 2. The van der Waals surface area contributed by atoms with Crippen molar-refractivity contribution in [2.24, 2.45) is 17.0 Å². The van der Waals surface area contributed by atoms with Crippen molar-refractivity contribution < 1.29 is 14.0 Å². The van der Waals surface area contributed by atoms with Crippen molar-refractivity contribution in [3.63, 3.8) is 0 Å². The van der Waals surface area contributed by atoms with Gasteiger partial charge in [-0.1, -0.05) is 17.3 Å². The molecule has 1 aromatic heterocycles. The van der Waals surface area contributed by atoms with Gasteiger partial charge < -0.3 is 15.5 Å². The van der Waals surface area contributed by atoms with Crippen LogP contribution in [-0.4, -0.2) is 64.7 Å². The van der Waals surface area contributed by atoms with Gasteiger partial charge in [0.15, 0.2) is 0 Å². The fraction of sp³-hybridized carbons (Fsp3) is 0.500. The minimum absolute atomic E-state index is 0.0738. The number of likely N-dealkylation sites (tertiary alicyclic amines) is 2. The van der Waals surface area contributed by atoms with Crippen molar-refractivity contribution in [2.75, 3.05) is 39.0 Å². The highest BCUT2D eigenvalue weighted by molar-refractivity contribution is 6.02. The number of oxime groups is 1. The van der Waals surface area contributed by atoms with E-state index in [9.17, 15) is 9.18 Å². The zero-order chi connectivity index (χ0) is 23.2. The molecule has 2 aliphatic heterocycles. The number of nitrogen functional groups attached to an aromatic ring is 1. The lowest BCUT2D eigenvalue weighted by Crippen LogP contribution is -2.46. The molecule has 0 spiro atoms. The summed E-state index contributed by atoms with van der Waals surface area (Å²) in [4.78, 5) is 30.6. The number of hydrogen-bond acceptors (Lipinski definition) is 7. The number of rotatable bonds is 6. The van der Waals surface area contributed by atoms with Crippen LogP contribution in [0.2, 0.25) is 0 Å². The largest absolute Gasteiger partial charge is 0.399 e. The monoisotopic (exact) mass is 454 g/mol. The molecule has 0 atom stereocenters. The molecule has 4 rings (SSSR count). The van der Waals surface area contributed by atoms with Gasteiger partial charge in [0.1, 0.15) is 12.9 Å². The molecule has 8 nitrogen and oxygen atoms in total. The highest BCUT2D eigenvalue weighted by Gasteiger charge is 2.32. The number of halogens is 1. The van der Waals surface area contributed by atoms with Gasteiger partial charge in [0.05, 0.1) is 5.71 Å². The Hall–Kier alpha value is -3.07. The molecule has 2 aliphatic rings. The van der Waals surface area contributed by atoms with Gasteiger partial charge in [0.25, 0.3) is 0 Å². The second-order valence-electron chi connectivity index (χ2n) is 8.77. The Balaban J connectivity index is 1.27. The van der Waals surface area contributed by atoms with Gasteiger partial charge in [0.2, 0.25) is 11.9 Å². The molecule has 33 heavy (non-hydrogen) atoms. The van der Waals surface area contributed by atoms with Gasteiger partial charge in [0, 0.05) is 49.4 Å². The standard InChI is InChI=1S/C24H31FN6O2/c1-33-29-22(18-2-4-21(25)5-3-18)19-8-12-31(13-9-19)23(32)20-6-10-30(11-7-20)16-17-14-27-24(26)28-15-17/h2-5,14-15,19-20H,6-13,16H2,1H3,(H2,26,27,28)/b29-22+. The third-order valence-electron chi connectivity index (χ3n) is 6.59. The smallest absolute Gasteiger partial charge is 0.225 e. The Kier molecular flexibility index (Phi) is 7.49. The average molecular weight is 455 g/mol. The molecule has 9 heteroatoms. The van der Waals surface area contributed by atoms with E-state index in [-0.39, 0.29) is 29.5 Å². The van der Waals surface area contributed by atoms with Crippen molar-refractivity contribution in [3.05, 3.63) is 53.6 Å². The number of carbonyl (C=O) groups is 1. The molecule has 0 aliphatic carbocycles. The first kappa shape index (κ1) is 23.1. The summed E-state index contributed by atoms with van der Waals surface area (Å²) in [5.41, 5.74) is 8.27. The second kappa shape index (κ2) is 10.7. The molecular formula is C24H31FN6O2. The third-order valence-corrected chi connectivity index (χ3v) is 6.59. The van der Waals surface area contributed by atoms with Gasteiger partial charge in [-0.3, -0.25) is 9.69 Å². The number of carbonyl (C=O) groups excluding carboxylic acids is 1. The molecule has 1 aromatic carbocycles. The maximum absolute atomic E-state index is 13.3. The quantitative estimate of drug-likeness (QED) is 0.533. The van der Waals surface area contributed by atoms with Crippen molar-refractivity contribution >= 4 is 17.6 Å². The lowest BCUT2D eigenvalue weighted by Gasteiger charge is -2.37. The van der Waals surface area contributed by atoms with Gasteiger partial charge in [-0.2, -0.15) is 0 Å². The van der Waals surface area contributed by atoms with Crippen LogP contribution in [0.4, 0.5) is 10.3 Å². The van der Waals surface area contributed by atoms with Gasteiger partial charge in [-0.05, 0) is 56.5 Å². The minimum Gasteiger partial charge on any atom is -0.399 e. The van der Waals surface area contributed by atoms with Crippen LogP contribution in [0.25, 0.3) is 0 Å². The van der Waals surface area contributed by atoms with E-state index in [0.717, 1.165) is 62.2 Å². The van der Waals surface area contributed by atoms with Crippen LogP contribution in [-0.2, 0) is 16.2 Å². The average Bonchev–Trinajstić information content (AvgIpc) is 2.85. The van der Waals surface area contributed by atoms with E-state index in [4.69, 9.17) is 10.6 Å². The number of nitrogens with zero attached hydrogens (tertiary/aromatic N) is 5. The van der Waals surface area contributed by atoms with Crippen molar-refractivity contribution in [2.45, 2.75) is 32.2 Å². The Morgan fingerprint density at radius 1 is 1.06 bits per heavy atom. The van der Waals surface area contributed by atoms with Crippen LogP contribution < -0.4 is 5.73 Å². The van der Waals surface area contributed by atoms with E-state index in [0.29, 0.717) is 13.1 Å². The molecule has 2 saturated heterocycles. The normalized spacial score (nSPS) is 19.0. The fourth-order valence-corrected chi connectivity index (χ4v) is 4.76. The van der Waals surface area contributed by atoms with Crippen LogP contribution in [0.3, 0.4) is 0 Å². The predicted octanol–water partition coefficient (Wildman–Crippen LogP) is 2.70. The number of anilines is 1. The van der Waals surface area contributed by atoms with Crippen LogP contribution in [0.1, 0.15) is 36.8 Å². The fourth-order valence-electron chi connectivity index (χ4n) is 4.76. The zero-order valence-corrected chi connectivity index (χ0v) is 19.0. The summed E-state index contributed by atoms with van der Waals surface area (Å²) >= 11 is 0. The summed E-state index contributed by atoms with van der Waals surface area (Å²) < 4.78 is 13.3. The van der Waals surface area contributed by atoms with Gasteiger partial charge in [-0.15, -0.1) is 0 Å². The predicted molar refractivity (Wildman–Crippen MR) is 124 cm³/mol. The molecular weight excluding hydrogens is 423 g/mol. The Bertz CT molecular complexity index is 950. The van der Waals surface area contributed by atoms with E-state index >= 15 is 0 Å². The number of nitrogens with two attached hydrogens (primary N) is 1. The van der Waals surface area contributed by atoms with Crippen LogP contribution >= 0.6 is 0 Å². The molecule has 0 bridgehead atoms. The molecule has 2 fully saturated rings. The van der Waals surface area contributed by atoms with E-state index in [1.165, 1.54) is 19.2 Å². The first-order valence-corrected chi connectivity index (χ1v) is 11.5. The maximum atomic E-state index is 13.3. The molecule has 0 radical (unpaired) electrons. The second-order valence-corrected chi connectivity index (χ2v) is 8.77. The van der Waals surface area contributed by atoms with Gasteiger partial charge >= 0.3 is 0 Å². The molecule has 2 aromatic rings. The van der Waals surface area contributed by atoms with Crippen molar-refractivity contribution in [1.29, 1.82) is 0 Å².